The number of aliphatic carboxylic acids is 4. The first-order chi connectivity index (χ1) is 8.07. The molecule has 0 rings (SSSR count). The van der Waals surface area contributed by atoms with E-state index in [0.29, 0.717) is 0 Å². The molecule has 0 aliphatic rings. The minimum atomic E-state index is -1.96. The van der Waals surface area contributed by atoms with Gasteiger partial charge >= 0.3 is 118 Å². The normalized spacial score (nSPS) is 9.83. The van der Waals surface area contributed by atoms with Crippen molar-refractivity contribution in [3.63, 3.8) is 0 Å². The molecule has 4 N–H and O–H groups in total. The molecule has 0 aromatic heterocycles. The third-order valence-corrected chi connectivity index (χ3v) is 1.26. The van der Waals surface area contributed by atoms with Gasteiger partial charge in [0.1, 0.15) is 0 Å². The second-order valence-electron chi connectivity index (χ2n) is 2.82. The maximum absolute atomic E-state index is 9.58. The zero-order valence-electron chi connectivity index (χ0n) is 13.2. The Labute approximate surface area is 219 Å². The molecule has 2 atom stereocenters. The molecule has 0 spiro atoms. The zero-order valence-corrected chi connectivity index (χ0v) is 21.2. The van der Waals surface area contributed by atoms with E-state index < -0.39 is 48.9 Å². The number of aliphatic hydroxyl groups excluding tert-OH is 2. The molecule has 15 heteroatoms. The first-order valence-electron chi connectivity index (χ1n) is 4.25. The molecule has 0 aliphatic carbocycles. The number of carboxylic acids is 4. The van der Waals surface area contributed by atoms with E-state index in [0.717, 1.165) is 0 Å². The second-order valence-corrected chi connectivity index (χ2v) is 2.82. The number of carbonyl (C=O) groups is 4. The van der Waals surface area contributed by atoms with E-state index in [4.69, 9.17) is 10.2 Å². The van der Waals surface area contributed by atoms with Crippen molar-refractivity contribution in [1.29, 1.82) is 0 Å². The Bertz CT molecular complexity index is 306. The molecule has 0 fully saturated rings. The summed E-state index contributed by atoms with van der Waals surface area (Å²) in [7, 11) is 0. The molecule has 0 aromatic rings. The van der Waals surface area contributed by atoms with Crippen molar-refractivity contribution in [3.05, 3.63) is 0 Å². The molecule has 0 aliphatic heterocycles. The Balaban J connectivity index is -0.0000000366. The molecule has 2 unspecified atom stereocenters. The summed E-state index contributed by atoms with van der Waals surface area (Å²) < 4.78 is 0. The summed E-state index contributed by atoms with van der Waals surface area (Å²) in [6, 6.07) is 0. The minimum absolute atomic E-state index is 0. The number of carboxylic acid groups (broad SMARTS) is 4. The van der Waals surface area contributed by atoms with Gasteiger partial charge in [0, 0.05) is 24.8 Å². The van der Waals surface area contributed by atoms with Crippen molar-refractivity contribution in [2.45, 2.75) is 25.0 Å². The van der Waals surface area contributed by atoms with Crippen LogP contribution in [0.4, 0.5) is 0 Å². The minimum Gasteiger partial charge on any atom is -0.550 e. The van der Waals surface area contributed by atoms with E-state index in [2.05, 4.69) is 0 Å². The number of rotatable bonds is 6. The summed E-state index contributed by atoms with van der Waals surface area (Å²) >= 11 is 0. The van der Waals surface area contributed by atoms with Gasteiger partial charge in [0.2, 0.25) is 0 Å². The first kappa shape index (κ1) is 44.3. The molecular weight excluding hydrogens is 364 g/mol. The van der Waals surface area contributed by atoms with Crippen LogP contribution in [0.3, 0.4) is 0 Å². The van der Waals surface area contributed by atoms with Gasteiger partial charge in [-0.25, -0.2) is 0 Å². The fourth-order valence-corrected chi connectivity index (χ4v) is 0.482. The maximum atomic E-state index is 9.58. The number of carbonyl (C=O) groups excluding carboxylic acids is 4. The summed E-state index contributed by atoms with van der Waals surface area (Å²) in [5.41, 5.74) is 0. The summed E-state index contributed by atoms with van der Waals surface area (Å²) in [6.45, 7) is 0. The van der Waals surface area contributed by atoms with E-state index in [1.807, 2.05) is 0 Å². The van der Waals surface area contributed by atoms with Gasteiger partial charge in [-0.15, -0.1) is 0 Å². The van der Waals surface area contributed by atoms with Crippen LogP contribution in [0.15, 0.2) is 0 Å². The largest absolute Gasteiger partial charge is 1.00 e. The predicted molar refractivity (Wildman–Crippen MR) is 44.9 cm³/mol. The predicted octanol–water partition coefficient (Wildman–Crippen LogP) is -20.3. The van der Waals surface area contributed by atoms with Crippen molar-refractivity contribution >= 4 is 23.9 Å². The third-order valence-electron chi connectivity index (χ3n) is 1.26. The fourth-order valence-electron chi connectivity index (χ4n) is 0.482. The third kappa shape index (κ3) is 35.7. The molecule has 0 amide bonds. The van der Waals surface area contributed by atoms with Crippen molar-refractivity contribution in [2.75, 3.05) is 0 Å². The van der Waals surface area contributed by atoms with Crippen LogP contribution in [0.1, 0.15) is 12.8 Å². The molecule has 0 saturated carbocycles. The van der Waals surface area contributed by atoms with Crippen LogP contribution in [0.2, 0.25) is 0 Å². The average molecular weight is 374 g/mol. The van der Waals surface area contributed by atoms with Crippen LogP contribution >= 0.6 is 0 Å². The molecule has 0 saturated heterocycles. The number of aliphatic hydroxyl groups is 2. The Morgan fingerprint density at radius 3 is 0.870 bits per heavy atom. The van der Waals surface area contributed by atoms with E-state index in [1.165, 1.54) is 0 Å². The van der Waals surface area contributed by atoms with Crippen molar-refractivity contribution in [1.82, 2.24) is 0 Å². The van der Waals surface area contributed by atoms with Gasteiger partial charge in [0.05, 0.1) is 24.1 Å². The molecule has 23 heavy (non-hydrogen) atoms. The number of hydrogen-bond acceptors (Lipinski definition) is 10. The molecule has 0 aromatic carbocycles. The molecule has 0 radical (unpaired) electrons. The van der Waals surface area contributed by atoms with Crippen LogP contribution in [-0.2, 0) is 19.2 Å². The van der Waals surface area contributed by atoms with Crippen LogP contribution in [0.25, 0.3) is 0 Å². The van der Waals surface area contributed by atoms with E-state index in [-0.39, 0.29) is 124 Å². The van der Waals surface area contributed by atoms with Crippen LogP contribution in [-0.4, -0.2) is 51.8 Å². The standard InChI is InChI=1S/2C4H6O5.4Na.H2O/c2*5-2(4(8)9)1-3(6)7;;;;;/h2*2,5H,1H2,(H,6,7)(H,8,9);;;;;1H2/q;;4*+1;/p-4. The van der Waals surface area contributed by atoms with Crippen LogP contribution in [0.5, 0.6) is 0 Å². The van der Waals surface area contributed by atoms with Crippen LogP contribution < -0.4 is 139 Å². The van der Waals surface area contributed by atoms with Gasteiger partial charge in [-0.1, -0.05) is 0 Å². The van der Waals surface area contributed by atoms with E-state index in [1.54, 1.807) is 0 Å². The second kappa shape index (κ2) is 26.0. The summed E-state index contributed by atoms with van der Waals surface area (Å²) in [4.78, 5) is 38.3. The topological polar surface area (TPSA) is 232 Å². The van der Waals surface area contributed by atoms with Gasteiger partial charge in [0.15, 0.2) is 0 Å². The Hall–Kier alpha value is 1.76. The Morgan fingerprint density at radius 1 is 0.652 bits per heavy atom. The zero-order chi connectivity index (χ0) is 14.9. The molecular formula is C8H10Na4O11. The SMILES string of the molecule is O.O=C([O-])CC(O)C(=O)[O-].O=C([O-])CC(O)C(=O)[O-].[Na+].[Na+].[Na+].[Na+]. The molecule has 0 bridgehead atoms. The Morgan fingerprint density at radius 2 is 0.826 bits per heavy atom. The van der Waals surface area contributed by atoms with Gasteiger partial charge < -0.3 is 55.3 Å². The molecule has 0 heterocycles. The first-order valence-corrected chi connectivity index (χ1v) is 4.25. The summed E-state index contributed by atoms with van der Waals surface area (Å²) in [5.74, 6) is -6.85. The summed E-state index contributed by atoms with van der Waals surface area (Å²) in [5, 5.41) is 54.7. The summed E-state index contributed by atoms with van der Waals surface area (Å²) in [6.07, 6.45) is -5.78. The molecule has 112 valence electrons. The fraction of sp³-hybridized carbons (Fsp3) is 0.500. The quantitative estimate of drug-likeness (QED) is 0.416. The monoisotopic (exact) mass is 374 g/mol. The number of hydrogen-bond donors (Lipinski definition) is 2. The average Bonchev–Trinajstić information content (AvgIpc) is 2.16. The van der Waals surface area contributed by atoms with E-state index in [9.17, 15) is 39.6 Å². The maximum Gasteiger partial charge on any atom is 1.00 e. The van der Waals surface area contributed by atoms with Gasteiger partial charge in [-0.3, -0.25) is 0 Å². The van der Waals surface area contributed by atoms with Gasteiger partial charge in [-0.2, -0.15) is 0 Å². The Kier molecular flexibility index (Phi) is 50.1. The van der Waals surface area contributed by atoms with Crippen LogP contribution in [0, 0.1) is 0 Å². The molecule has 11 nitrogen and oxygen atoms in total. The van der Waals surface area contributed by atoms with Crippen molar-refractivity contribution < 1.29 is 174 Å². The van der Waals surface area contributed by atoms with Crippen molar-refractivity contribution in [3.8, 4) is 0 Å². The smallest absolute Gasteiger partial charge is 0.550 e. The van der Waals surface area contributed by atoms with E-state index >= 15 is 0 Å². The van der Waals surface area contributed by atoms with Gasteiger partial charge in [-0.05, 0) is 0 Å². The van der Waals surface area contributed by atoms with Crippen molar-refractivity contribution in [2.24, 2.45) is 0 Å². The van der Waals surface area contributed by atoms with Gasteiger partial charge in [0.25, 0.3) is 0 Å².